The van der Waals surface area contributed by atoms with E-state index in [0.717, 1.165) is 12.1 Å². The van der Waals surface area contributed by atoms with Crippen LogP contribution in [0, 0.1) is 6.92 Å². The van der Waals surface area contributed by atoms with E-state index >= 15 is 0 Å². The number of aromatic nitrogens is 2. The topological polar surface area (TPSA) is 103 Å². The maximum Gasteiger partial charge on any atom is 0.416 e. The number of hydrogen-bond donors (Lipinski definition) is 2. The summed E-state index contributed by atoms with van der Waals surface area (Å²) >= 11 is 0. The summed E-state index contributed by atoms with van der Waals surface area (Å²) in [6.07, 6.45) is -3.32. The minimum Gasteiger partial charge on any atom is -0.493 e. The number of carbonyl (C=O) groups excluding carboxylic acids is 1. The third-order valence-electron chi connectivity index (χ3n) is 6.31. The number of nitrogen functional groups attached to an aromatic ring is 1. The Labute approximate surface area is 206 Å². The Kier molecular flexibility index (Phi) is 6.83. The molecule has 2 aromatic carbocycles. The fourth-order valence-electron chi connectivity index (χ4n) is 4.26. The number of halogens is 3. The molecule has 0 spiro atoms. The number of anilines is 2. The summed E-state index contributed by atoms with van der Waals surface area (Å²) in [5.41, 5.74) is 5.90. The van der Waals surface area contributed by atoms with Gasteiger partial charge in [-0.2, -0.15) is 13.2 Å². The van der Waals surface area contributed by atoms with E-state index in [1.165, 1.54) is 13.2 Å². The van der Waals surface area contributed by atoms with Crippen molar-refractivity contribution < 1.29 is 27.4 Å². The highest BCUT2D eigenvalue weighted by Gasteiger charge is 2.32. The van der Waals surface area contributed by atoms with E-state index in [-0.39, 0.29) is 17.6 Å². The van der Waals surface area contributed by atoms with E-state index in [2.05, 4.69) is 15.3 Å². The van der Waals surface area contributed by atoms with Gasteiger partial charge in [-0.15, -0.1) is 0 Å². The highest BCUT2D eigenvalue weighted by molar-refractivity contribution is 5.92. The molecule has 0 saturated carbocycles. The van der Waals surface area contributed by atoms with E-state index in [1.54, 1.807) is 37.9 Å². The number of likely N-dealkylation sites (N-methyl/N-ethyl adjacent to an activating group) is 1. The van der Waals surface area contributed by atoms with Crippen LogP contribution < -0.4 is 20.5 Å². The smallest absolute Gasteiger partial charge is 0.416 e. The van der Waals surface area contributed by atoms with Crippen molar-refractivity contribution in [3.63, 3.8) is 0 Å². The molecule has 36 heavy (non-hydrogen) atoms. The molecule has 3 aromatic rings. The Morgan fingerprint density at radius 1 is 1.19 bits per heavy atom. The number of nitrogens with zero attached hydrogens (tertiary/aromatic N) is 3. The van der Waals surface area contributed by atoms with Crippen molar-refractivity contribution in [2.24, 2.45) is 0 Å². The number of likely N-dealkylation sites (tertiary alicyclic amines) is 1. The van der Waals surface area contributed by atoms with Crippen molar-refractivity contribution >= 4 is 28.3 Å². The average Bonchev–Trinajstić information content (AvgIpc) is 3.13. The molecule has 3 N–H and O–H groups in total. The minimum absolute atomic E-state index is 0.0213. The molecule has 1 amide bonds. The second kappa shape index (κ2) is 9.71. The van der Waals surface area contributed by atoms with Gasteiger partial charge >= 0.3 is 6.18 Å². The van der Waals surface area contributed by atoms with Gasteiger partial charge in [-0.25, -0.2) is 9.97 Å². The number of amides is 1. The predicted molar refractivity (Wildman–Crippen MR) is 130 cm³/mol. The summed E-state index contributed by atoms with van der Waals surface area (Å²) in [6, 6.07) is 6.35. The molecule has 1 fully saturated rings. The quantitative estimate of drug-likeness (QED) is 0.450. The van der Waals surface area contributed by atoms with E-state index in [9.17, 15) is 18.0 Å². The van der Waals surface area contributed by atoms with Gasteiger partial charge in [0.2, 0.25) is 5.91 Å². The van der Waals surface area contributed by atoms with Crippen molar-refractivity contribution in [2.45, 2.75) is 44.9 Å². The van der Waals surface area contributed by atoms with Gasteiger partial charge in [-0.1, -0.05) is 0 Å². The van der Waals surface area contributed by atoms with Crippen LogP contribution in [0.3, 0.4) is 0 Å². The van der Waals surface area contributed by atoms with Gasteiger partial charge in [0.1, 0.15) is 18.2 Å². The number of rotatable bonds is 7. The molecule has 4 rings (SSSR count). The molecule has 1 aliphatic rings. The van der Waals surface area contributed by atoms with E-state index < -0.39 is 17.8 Å². The summed E-state index contributed by atoms with van der Waals surface area (Å²) in [6.45, 7) is 3.74. The number of hydrogen-bond acceptors (Lipinski definition) is 7. The maximum absolute atomic E-state index is 13.3. The second-order valence-corrected chi connectivity index (χ2v) is 8.90. The first-order valence-corrected chi connectivity index (χ1v) is 11.4. The number of alkyl halides is 3. The third-order valence-corrected chi connectivity index (χ3v) is 6.31. The lowest BCUT2D eigenvalue weighted by molar-refractivity contribution is -0.137. The van der Waals surface area contributed by atoms with Crippen LogP contribution in [0.15, 0.2) is 30.3 Å². The number of benzene rings is 2. The Morgan fingerprint density at radius 2 is 1.94 bits per heavy atom. The van der Waals surface area contributed by atoms with Crippen LogP contribution in [0.1, 0.15) is 42.8 Å². The molecule has 2 heterocycles. The average molecular weight is 504 g/mol. The molecular formula is C25H28F3N5O3. The first-order valence-electron chi connectivity index (χ1n) is 11.4. The molecule has 1 saturated heterocycles. The molecule has 0 aliphatic carbocycles. The monoisotopic (exact) mass is 503 g/mol. The molecule has 1 aliphatic heterocycles. The number of carbonyl (C=O) groups is 1. The van der Waals surface area contributed by atoms with Gasteiger partial charge in [0.05, 0.1) is 30.3 Å². The zero-order valence-electron chi connectivity index (χ0n) is 20.4. The number of aryl methyl sites for hydroxylation is 1. The second-order valence-electron chi connectivity index (χ2n) is 8.90. The lowest BCUT2D eigenvalue weighted by Gasteiger charge is -2.22. The number of nitrogens with two attached hydrogens (primary N) is 1. The van der Waals surface area contributed by atoms with Crippen molar-refractivity contribution in [1.82, 2.24) is 14.9 Å². The molecule has 192 valence electrons. The SMILES string of the molecule is COc1cc2nc(C)nc(NC(C)c3cc(N)cc(C(F)(F)F)c3)c2cc1OC[C@@H]1CCC(=O)N1C. The lowest BCUT2D eigenvalue weighted by atomic mass is 10.0. The van der Waals surface area contributed by atoms with Crippen LogP contribution in [0.5, 0.6) is 11.5 Å². The van der Waals surface area contributed by atoms with Crippen LogP contribution in [-0.4, -0.2) is 47.6 Å². The van der Waals surface area contributed by atoms with Gasteiger partial charge in [0, 0.05) is 30.6 Å². The first kappa shape index (κ1) is 25.3. The third kappa shape index (κ3) is 5.24. The van der Waals surface area contributed by atoms with Gasteiger partial charge in [0.25, 0.3) is 0 Å². The Balaban J connectivity index is 1.67. The van der Waals surface area contributed by atoms with E-state index in [4.69, 9.17) is 15.2 Å². The van der Waals surface area contributed by atoms with Crippen LogP contribution in [0.4, 0.5) is 24.7 Å². The number of fused-ring (bicyclic) bond motifs is 1. The Bertz CT molecular complexity index is 1300. The van der Waals surface area contributed by atoms with Gasteiger partial charge < -0.3 is 25.4 Å². The van der Waals surface area contributed by atoms with Crippen molar-refractivity contribution in [2.75, 3.05) is 31.8 Å². The predicted octanol–water partition coefficient (Wildman–Crippen LogP) is 4.72. The normalized spacial score (nSPS) is 16.9. The lowest BCUT2D eigenvalue weighted by Crippen LogP contribution is -2.33. The maximum atomic E-state index is 13.3. The highest BCUT2D eigenvalue weighted by Crippen LogP contribution is 2.37. The summed E-state index contributed by atoms with van der Waals surface area (Å²) in [4.78, 5) is 22.5. The van der Waals surface area contributed by atoms with Gasteiger partial charge in [-0.3, -0.25) is 4.79 Å². The van der Waals surface area contributed by atoms with Crippen molar-refractivity contribution in [1.29, 1.82) is 0 Å². The van der Waals surface area contributed by atoms with Crippen molar-refractivity contribution in [3.8, 4) is 11.5 Å². The van der Waals surface area contributed by atoms with Crippen LogP contribution in [0.2, 0.25) is 0 Å². The zero-order valence-corrected chi connectivity index (χ0v) is 20.4. The Hall–Kier alpha value is -3.76. The van der Waals surface area contributed by atoms with Crippen LogP contribution >= 0.6 is 0 Å². The van der Waals surface area contributed by atoms with Crippen LogP contribution in [0.25, 0.3) is 10.9 Å². The van der Waals surface area contributed by atoms with Crippen molar-refractivity contribution in [3.05, 3.63) is 47.3 Å². The fourth-order valence-corrected chi connectivity index (χ4v) is 4.26. The summed E-state index contributed by atoms with van der Waals surface area (Å²) in [5.74, 6) is 1.90. The molecule has 0 radical (unpaired) electrons. The fraction of sp³-hybridized carbons (Fsp3) is 0.400. The summed E-state index contributed by atoms with van der Waals surface area (Å²) < 4.78 is 51.4. The number of methoxy groups -OCH3 is 1. The Morgan fingerprint density at radius 3 is 2.58 bits per heavy atom. The summed E-state index contributed by atoms with van der Waals surface area (Å²) in [5, 5.41) is 3.81. The molecular weight excluding hydrogens is 475 g/mol. The van der Waals surface area contributed by atoms with Gasteiger partial charge in [-0.05, 0) is 50.1 Å². The summed E-state index contributed by atoms with van der Waals surface area (Å²) in [7, 11) is 3.27. The zero-order chi connectivity index (χ0) is 26.2. The molecule has 2 atom stereocenters. The first-order chi connectivity index (χ1) is 17.0. The number of ether oxygens (including phenoxy) is 2. The molecule has 11 heteroatoms. The van der Waals surface area contributed by atoms with E-state index in [0.29, 0.717) is 59.1 Å². The molecule has 0 bridgehead atoms. The molecule has 1 unspecified atom stereocenters. The minimum atomic E-state index is -4.51. The van der Waals surface area contributed by atoms with Gasteiger partial charge in [0.15, 0.2) is 11.5 Å². The van der Waals surface area contributed by atoms with E-state index in [1.807, 2.05) is 0 Å². The standard InChI is InChI=1S/C25H28F3N5O3/c1-13(15-7-16(25(26,27)28)9-17(29)8-15)30-24-19-10-22(36-12-18-5-6-23(34)33(18)3)21(35-4)11-20(19)31-14(2)32-24/h7-11,13,18H,5-6,12,29H2,1-4H3,(H,30,31,32)/t13?,18-/m0/s1. The van der Waals surface area contributed by atoms with Crippen LogP contribution in [-0.2, 0) is 11.0 Å². The largest absolute Gasteiger partial charge is 0.493 e. The molecule has 1 aromatic heterocycles. The highest BCUT2D eigenvalue weighted by atomic mass is 19.4. The molecule has 8 nitrogen and oxygen atoms in total. The number of nitrogens with one attached hydrogen (secondary N) is 1.